The van der Waals surface area contributed by atoms with E-state index in [9.17, 15) is 37.8 Å². The fraction of sp³-hybridized carbons (Fsp3) is 0.0508. The molecule has 0 fully saturated rings. The second-order valence-electron chi connectivity index (χ2n) is 16.7. The molecular formula is C59H43Br4ClO14S. The first-order valence-electron chi connectivity index (χ1n) is 22.9. The predicted octanol–water partition coefficient (Wildman–Crippen LogP) is 14.6. The molecule has 10 aromatic rings. The van der Waals surface area contributed by atoms with Crippen LogP contribution >= 0.6 is 75.3 Å². The molecule has 0 bridgehead atoms. The number of carbonyl (C=O) groups is 2. The average molecular weight is 1360 g/mol. The van der Waals surface area contributed by atoms with Crippen LogP contribution in [0.1, 0.15) is 21.5 Å². The lowest BCUT2D eigenvalue weighted by atomic mass is 10.0. The third-order valence-electron chi connectivity index (χ3n) is 10.7. The summed E-state index contributed by atoms with van der Waals surface area (Å²) in [6.45, 7) is 0. The molecule has 0 spiro atoms. The molecule has 20 heteroatoms. The molecule has 0 saturated carbocycles. The van der Waals surface area contributed by atoms with Crippen LogP contribution in [0.2, 0.25) is 0 Å². The van der Waals surface area contributed by atoms with Crippen molar-refractivity contribution in [3.8, 4) is 56.8 Å². The highest BCUT2D eigenvalue weighted by Crippen LogP contribution is 2.28. The lowest BCUT2D eigenvalue weighted by molar-refractivity contribution is -0.111. The van der Waals surface area contributed by atoms with Crippen LogP contribution in [0.5, 0.6) is 34.5 Å². The number of benzene rings is 8. The fourth-order valence-electron chi connectivity index (χ4n) is 7.00. The Labute approximate surface area is 490 Å². The molecule has 0 amide bonds. The summed E-state index contributed by atoms with van der Waals surface area (Å²) in [5.74, 6) is -0.0961. The van der Waals surface area contributed by atoms with Gasteiger partial charge in [0.1, 0.15) is 58.2 Å². The smallest absolute Gasteiger partial charge is 0.306 e. The maximum absolute atomic E-state index is 12.6. The topological polar surface area (TPSA) is 239 Å². The predicted molar refractivity (Wildman–Crippen MR) is 319 cm³/mol. The van der Waals surface area contributed by atoms with E-state index >= 15 is 0 Å². The summed E-state index contributed by atoms with van der Waals surface area (Å²) in [5, 5.41) is 45.9. The summed E-state index contributed by atoms with van der Waals surface area (Å²) in [6.07, 6.45) is 4.25. The summed E-state index contributed by atoms with van der Waals surface area (Å²) in [4.78, 5) is 47.4. The summed E-state index contributed by atoms with van der Waals surface area (Å²) in [6, 6.07) is 48.2. The van der Waals surface area contributed by atoms with E-state index in [-0.39, 0.29) is 73.9 Å². The third-order valence-corrected chi connectivity index (χ3v) is 13.5. The summed E-state index contributed by atoms with van der Waals surface area (Å²) < 4.78 is 41.8. The van der Waals surface area contributed by atoms with Gasteiger partial charge in [-0.15, -0.1) is 0 Å². The summed E-state index contributed by atoms with van der Waals surface area (Å²) >= 11 is 18.5. The maximum Gasteiger partial charge on any atom is 0.306 e. The van der Waals surface area contributed by atoms with E-state index in [0.717, 1.165) is 52.5 Å². The van der Waals surface area contributed by atoms with Gasteiger partial charge in [0.15, 0.2) is 16.6 Å². The Hall–Kier alpha value is -7.52. The van der Waals surface area contributed by atoms with Gasteiger partial charge in [0, 0.05) is 55.0 Å². The zero-order chi connectivity index (χ0) is 57.4. The van der Waals surface area contributed by atoms with Crippen molar-refractivity contribution in [1.29, 1.82) is 0 Å². The van der Waals surface area contributed by atoms with E-state index in [1.165, 1.54) is 73.2 Å². The van der Waals surface area contributed by atoms with Crippen molar-refractivity contribution in [2.45, 2.75) is 12.8 Å². The van der Waals surface area contributed by atoms with Gasteiger partial charge >= 0.3 is 10.1 Å². The number of carbonyl (C=O) groups excluding carboxylic acids is 2. The first kappa shape index (κ1) is 60.7. The zero-order valence-corrected chi connectivity index (χ0v) is 48.9. The van der Waals surface area contributed by atoms with E-state index in [1.807, 2.05) is 97.1 Å². The van der Waals surface area contributed by atoms with Crippen molar-refractivity contribution in [3.05, 3.63) is 243 Å². The van der Waals surface area contributed by atoms with Gasteiger partial charge < -0.3 is 38.6 Å². The zero-order valence-electron chi connectivity index (χ0n) is 41.0. The van der Waals surface area contributed by atoms with E-state index < -0.39 is 10.1 Å². The minimum Gasteiger partial charge on any atom is -0.508 e. The Balaban J connectivity index is 0.000000166. The Kier molecular flexibility index (Phi) is 21.8. The molecule has 14 nitrogen and oxygen atoms in total. The second kappa shape index (κ2) is 28.4. The van der Waals surface area contributed by atoms with Crippen LogP contribution in [0.3, 0.4) is 0 Å². The Bertz CT molecular complexity index is 3970. The Morgan fingerprint density at radius 3 is 1.34 bits per heavy atom. The molecule has 0 radical (unpaired) electrons. The molecule has 10 rings (SSSR count). The number of halogens is 5. The molecular weight excluding hydrogens is 1320 g/mol. The number of rotatable bonds is 9. The lowest BCUT2D eigenvalue weighted by Crippen LogP contribution is -2.07. The van der Waals surface area contributed by atoms with Gasteiger partial charge in [0.25, 0.3) is 0 Å². The number of phenols is 5. The van der Waals surface area contributed by atoms with E-state index in [0.29, 0.717) is 33.9 Å². The molecule has 0 aliphatic carbocycles. The van der Waals surface area contributed by atoms with Gasteiger partial charge in [-0.25, -0.2) is 0 Å². The molecule has 0 atom stereocenters. The number of fused-ring (bicyclic) bond motifs is 2. The highest BCUT2D eigenvalue weighted by Gasteiger charge is 2.14. The van der Waals surface area contributed by atoms with Crippen molar-refractivity contribution in [3.63, 3.8) is 0 Å². The molecule has 5 N–H and O–H groups in total. The summed E-state index contributed by atoms with van der Waals surface area (Å²) in [5.41, 5.74) is 4.84. The van der Waals surface area contributed by atoms with Gasteiger partial charge in [-0.05, 0) is 131 Å². The average Bonchev–Trinajstić information content (AvgIpc) is 3.47. The van der Waals surface area contributed by atoms with Crippen LogP contribution in [0, 0.1) is 0 Å². The van der Waals surface area contributed by atoms with Crippen LogP contribution in [0.4, 0.5) is 0 Å². The number of Topliss-reactive ketones (excluding diaryl/α,β-unsaturated/α-hetero) is 1. The highest BCUT2D eigenvalue weighted by atomic mass is 79.9. The van der Waals surface area contributed by atoms with Gasteiger partial charge in [0.05, 0.1) is 33.7 Å². The lowest BCUT2D eigenvalue weighted by Gasteiger charge is -2.05. The highest BCUT2D eigenvalue weighted by molar-refractivity contribution is 9.11. The number of ketones is 1. The van der Waals surface area contributed by atoms with Gasteiger partial charge in [-0.3, -0.25) is 19.2 Å². The van der Waals surface area contributed by atoms with Crippen molar-refractivity contribution in [1.82, 2.24) is 0 Å². The quantitative estimate of drug-likeness (QED) is 0.0513. The van der Waals surface area contributed by atoms with Crippen LogP contribution in [0.15, 0.2) is 225 Å². The largest absolute Gasteiger partial charge is 0.508 e. The minimum absolute atomic E-state index is 0.0623. The van der Waals surface area contributed by atoms with E-state index in [2.05, 4.69) is 63.7 Å². The molecule has 0 unspecified atom stereocenters. The van der Waals surface area contributed by atoms with Crippen molar-refractivity contribution in [2.24, 2.45) is 0 Å². The molecule has 404 valence electrons. The molecule has 0 aliphatic rings. The molecule has 8 aromatic carbocycles. The normalized spacial score (nSPS) is 10.6. The van der Waals surface area contributed by atoms with Crippen LogP contribution < -0.4 is 15.0 Å². The van der Waals surface area contributed by atoms with Gasteiger partial charge in [-0.2, -0.15) is 8.42 Å². The van der Waals surface area contributed by atoms with Crippen molar-refractivity contribution in [2.75, 3.05) is 6.26 Å². The standard InChI is InChI=1S/C16H11BrO5S.C15H9BrO3.C14H11BrO3.C8H6BrClO.C6H6O2/c1-23(19,20)22-12-6-7-13-15(8-12)21-9-14(16(13)18)10-2-4-11(17)5-3-10;16-10-3-1-9(2-4-10)13-8-19-14-7-11(17)5-6-12(14)15(13)18;15-10-3-1-9(2-4-10)7-13(17)12-6-5-11(16)8-14(12)18;9-7-3-1-6(2-4-7)5-8(10)11;7-5-2-1-3-6(8)4-5/h2-9H,1H3;1-8,17H;1-6,8,16,18H,7H2;1-4H,5H2;1-4,7-8H. The van der Waals surface area contributed by atoms with Crippen LogP contribution in [0.25, 0.3) is 44.2 Å². The molecule has 79 heavy (non-hydrogen) atoms. The second-order valence-corrected chi connectivity index (χ2v) is 22.4. The number of hydrogen-bond acceptors (Lipinski definition) is 14. The SMILES string of the molecule is CS(=O)(=O)Oc1ccc2c(=O)c(-c3ccc(Br)cc3)coc2c1.O=C(Cc1ccc(Br)cc1)c1ccc(O)cc1O.O=C(Cl)Cc1ccc(Br)cc1.O=c1c(-c2ccc(Br)cc2)coc2cc(O)ccc12.Oc1cccc(O)c1. The van der Waals surface area contributed by atoms with Crippen LogP contribution in [-0.2, 0) is 27.8 Å². The van der Waals surface area contributed by atoms with Gasteiger partial charge in [0.2, 0.25) is 5.24 Å². The van der Waals surface area contributed by atoms with Crippen molar-refractivity contribution >= 4 is 118 Å². The molecule has 0 saturated heterocycles. The monoisotopic (exact) mass is 1360 g/mol. The first-order chi connectivity index (χ1) is 37.5. The Morgan fingerprint density at radius 2 is 0.911 bits per heavy atom. The van der Waals surface area contributed by atoms with Crippen molar-refractivity contribution < 1.29 is 56.6 Å². The summed E-state index contributed by atoms with van der Waals surface area (Å²) in [7, 11) is -3.64. The molecule has 2 aromatic heterocycles. The Morgan fingerprint density at radius 1 is 0.506 bits per heavy atom. The third kappa shape index (κ3) is 18.8. The molecule has 2 heterocycles. The fourth-order valence-corrected chi connectivity index (χ4v) is 8.67. The number of phenolic OH excluding ortho intramolecular Hbond substituents is 5. The maximum atomic E-state index is 12.6. The van der Waals surface area contributed by atoms with E-state index in [4.69, 9.17) is 39.9 Å². The number of hydrogen-bond donors (Lipinski definition) is 5. The molecule has 0 aliphatic heterocycles. The number of aromatic hydroxyl groups is 5. The van der Waals surface area contributed by atoms with Gasteiger partial charge in [-0.1, -0.05) is 118 Å². The minimum atomic E-state index is -3.64. The van der Waals surface area contributed by atoms with E-state index in [1.54, 1.807) is 12.1 Å². The van der Waals surface area contributed by atoms with Crippen LogP contribution in [-0.4, -0.2) is 51.2 Å². The first-order valence-corrected chi connectivity index (χ1v) is 28.3.